The molecular weight excluding hydrogens is 250 g/mol. The number of para-hydroxylation sites is 1. The number of carbonyl (C=O) groups is 1. The molecule has 2 aromatic carbocycles. The maximum atomic E-state index is 12.3. The maximum absolute atomic E-state index is 12.3. The van der Waals surface area contributed by atoms with Crippen LogP contribution in [-0.4, -0.2) is 24.5 Å². The highest BCUT2D eigenvalue weighted by Gasteiger charge is 2.13. The van der Waals surface area contributed by atoms with Gasteiger partial charge in [0, 0.05) is 24.7 Å². The highest BCUT2D eigenvalue weighted by atomic mass is 16.5. The van der Waals surface area contributed by atoms with Crippen LogP contribution < -0.4 is 4.74 Å². The van der Waals surface area contributed by atoms with Gasteiger partial charge in [0.1, 0.15) is 5.75 Å². The topological polar surface area (TPSA) is 29.5 Å². The van der Waals surface area contributed by atoms with Gasteiger partial charge in [-0.1, -0.05) is 36.4 Å². The van der Waals surface area contributed by atoms with E-state index in [2.05, 4.69) is 0 Å². The largest absolute Gasteiger partial charge is 0.494 e. The molecular formula is C17H19NO2. The number of ether oxygens (including phenoxy) is 1. The van der Waals surface area contributed by atoms with E-state index in [-0.39, 0.29) is 5.91 Å². The molecule has 0 fully saturated rings. The van der Waals surface area contributed by atoms with Crippen molar-refractivity contribution in [1.29, 1.82) is 0 Å². The van der Waals surface area contributed by atoms with Crippen molar-refractivity contribution in [2.75, 3.05) is 13.7 Å². The standard InChI is InChI=1S/C17H19NO2/c1-3-20-16-12-8-7-11-15(16)13-18(2)17(19)14-9-5-4-6-10-14/h4-12H,3,13H2,1-2H3. The second-order valence-electron chi connectivity index (χ2n) is 4.57. The van der Waals surface area contributed by atoms with Crippen LogP contribution in [0.5, 0.6) is 5.75 Å². The summed E-state index contributed by atoms with van der Waals surface area (Å²) in [4.78, 5) is 14.0. The van der Waals surface area contributed by atoms with Crippen molar-refractivity contribution in [1.82, 2.24) is 4.90 Å². The quantitative estimate of drug-likeness (QED) is 0.833. The number of benzene rings is 2. The molecule has 0 heterocycles. The molecule has 3 nitrogen and oxygen atoms in total. The van der Waals surface area contributed by atoms with E-state index in [9.17, 15) is 4.79 Å². The lowest BCUT2D eigenvalue weighted by atomic mass is 10.1. The minimum atomic E-state index is 0.0110. The van der Waals surface area contributed by atoms with Crippen LogP contribution in [-0.2, 0) is 6.54 Å². The van der Waals surface area contributed by atoms with Gasteiger partial charge in [-0.15, -0.1) is 0 Å². The Hall–Kier alpha value is -2.29. The van der Waals surface area contributed by atoms with Crippen LogP contribution >= 0.6 is 0 Å². The van der Waals surface area contributed by atoms with Gasteiger partial charge in [-0.3, -0.25) is 4.79 Å². The fraction of sp³-hybridized carbons (Fsp3) is 0.235. The Bertz CT molecular complexity index is 566. The van der Waals surface area contributed by atoms with E-state index in [0.29, 0.717) is 18.7 Å². The summed E-state index contributed by atoms with van der Waals surface area (Å²) in [6, 6.07) is 17.1. The number of hydrogen-bond acceptors (Lipinski definition) is 2. The molecule has 0 aromatic heterocycles. The Balaban J connectivity index is 2.12. The van der Waals surface area contributed by atoms with E-state index >= 15 is 0 Å². The van der Waals surface area contributed by atoms with Crippen molar-refractivity contribution in [3.8, 4) is 5.75 Å². The Morgan fingerprint density at radius 1 is 1.05 bits per heavy atom. The molecule has 0 atom stereocenters. The predicted octanol–water partition coefficient (Wildman–Crippen LogP) is 3.36. The zero-order valence-corrected chi connectivity index (χ0v) is 11.9. The van der Waals surface area contributed by atoms with Crippen molar-refractivity contribution >= 4 is 5.91 Å². The van der Waals surface area contributed by atoms with E-state index in [0.717, 1.165) is 11.3 Å². The summed E-state index contributed by atoms with van der Waals surface area (Å²) in [7, 11) is 1.80. The van der Waals surface area contributed by atoms with Crippen molar-refractivity contribution in [3.63, 3.8) is 0 Å². The molecule has 0 radical (unpaired) electrons. The predicted molar refractivity (Wildman–Crippen MR) is 79.9 cm³/mol. The molecule has 0 bridgehead atoms. The highest BCUT2D eigenvalue weighted by molar-refractivity contribution is 5.93. The van der Waals surface area contributed by atoms with Crippen molar-refractivity contribution < 1.29 is 9.53 Å². The average Bonchev–Trinajstić information content (AvgIpc) is 2.49. The number of amides is 1. The average molecular weight is 269 g/mol. The summed E-state index contributed by atoms with van der Waals surface area (Å²) in [5, 5.41) is 0. The van der Waals surface area contributed by atoms with Crippen molar-refractivity contribution in [3.05, 3.63) is 65.7 Å². The first-order valence-electron chi connectivity index (χ1n) is 6.73. The molecule has 0 unspecified atom stereocenters. The molecule has 3 heteroatoms. The zero-order valence-electron chi connectivity index (χ0n) is 11.9. The molecule has 0 saturated heterocycles. The molecule has 0 spiro atoms. The van der Waals surface area contributed by atoms with Gasteiger partial charge in [0.15, 0.2) is 0 Å². The monoisotopic (exact) mass is 269 g/mol. The van der Waals surface area contributed by atoms with Crippen LogP contribution in [0.4, 0.5) is 0 Å². The van der Waals surface area contributed by atoms with Gasteiger partial charge >= 0.3 is 0 Å². The molecule has 2 rings (SSSR count). The molecule has 0 aliphatic rings. The van der Waals surface area contributed by atoms with Gasteiger partial charge in [-0.25, -0.2) is 0 Å². The molecule has 104 valence electrons. The van der Waals surface area contributed by atoms with E-state index < -0.39 is 0 Å². The van der Waals surface area contributed by atoms with Crippen LogP contribution in [0.2, 0.25) is 0 Å². The number of hydrogen-bond donors (Lipinski definition) is 0. The highest BCUT2D eigenvalue weighted by Crippen LogP contribution is 2.20. The third-order valence-corrected chi connectivity index (χ3v) is 3.05. The third-order valence-electron chi connectivity index (χ3n) is 3.05. The zero-order chi connectivity index (χ0) is 14.4. The fourth-order valence-electron chi connectivity index (χ4n) is 2.06. The van der Waals surface area contributed by atoms with E-state index in [1.54, 1.807) is 11.9 Å². The first-order valence-corrected chi connectivity index (χ1v) is 6.73. The molecule has 0 N–H and O–H groups in total. The lowest BCUT2D eigenvalue weighted by Gasteiger charge is -2.19. The van der Waals surface area contributed by atoms with Gasteiger partial charge in [-0.05, 0) is 25.1 Å². The van der Waals surface area contributed by atoms with Gasteiger partial charge in [0.2, 0.25) is 0 Å². The summed E-state index contributed by atoms with van der Waals surface area (Å²) < 4.78 is 5.59. The third kappa shape index (κ3) is 3.38. The summed E-state index contributed by atoms with van der Waals surface area (Å²) in [5.41, 5.74) is 1.71. The van der Waals surface area contributed by atoms with Crippen LogP contribution in [0.1, 0.15) is 22.8 Å². The summed E-state index contributed by atoms with van der Waals surface area (Å²) in [6.07, 6.45) is 0. The lowest BCUT2D eigenvalue weighted by molar-refractivity contribution is 0.0784. The van der Waals surface area contributed by atoms with E-state index in [1.807, 2.05) is 61.5 Å². The fourth-order valence-corrected chi connectivity index (χ4v) is 2.06. The minimum absolute atomic E-state index is 0.0110. The Kier molecular flexibility index (Phi) is 4.77. The van der Waals surface area contributed by atoms with E-state index in [4.69, 9.17) is 4.74 Å². The molecule has 0 aliphatic heterocycles. The number of carbonyl (C=O) groups excluding carboxylic acids is 1. The summed E-state index contributed by atoms with van der Waals surface area (Å²) >= 11 is 0. The molecule has 0 saturated carbocycles. The van der Waals surface area contributed by atoms with Crippen LogP contribution in [0, 0.1) is 0 Å². The normalized spacial score (nSPS) is 10.1. The smallest absolute Gasteiger partial charge is 0.253 e. The Labute approximate surface area is 119 Å². The molecule has 0 aliphatic carbocycles. The minimum Gasteiger partial charge on any atom is -0.494 e. The molecule has 2 aromatic rings. The van der Waals surface area contributed by atoms with Gasteiger partial charge in [0.25, 0.3) is 5.91 Å². The first kappa shape index (κ1) is 14.1. The SMILES string of the molecule is CCOc1ccccc1CN(C)C(=O)c1ccccc1. The summed E-state index contributed by atoms with van der Waals surface area (Å²) in [6.45, 7) is 3.10. The Morgan fingerprint density at radius 2 is 1.70 bits per heavy atom. The molecule has 20 heavy (non-hydrogen) atoms. The first-order chi connectivity index (χ1) is 9.72. The molecule has 1 amide bonds. The van der Waals surface area contributed by atoms with Crippen molar-refractivity contribution in [2.45, 2.75) is 13.5 Å². The van der Waals surface area contributed by atoms with Crippen molar-refractivity contribution in [2.24, 2.45) is 0 Å². The van der Waals surface area contributed by atoms with Gasteiger partial charge in [0.05, 0.1) is 6.61 Å². The van der Waals surface area contributed by atoms with Crippen LogP contribution in [0.3, 0.4) is 0 Å². The second-order valence-corrected chi connectivity index (χ2v) is 4.57. The van der Waals surface area contributed by atoms with Crippen LogP contribution in [0.15, 0.2) is 54.6 Å². The number of nitrogens with zero attached hydrogens (tertiary/aromatic N) is 1. The van der Waals surface area contributed by atoms with Crippen LogP contribution in [0.25, 0.3) is 0 Å². The lowest BCUT2D eigenvalue weighted by Crippen LogP contribution is -2.26. The van der Waals surface area contributed by atoms with E-state index in [1.165, 1.54) is 0 Å². The van der Waals surface area contributed by atoms with Gasteiger partial charge in [-0.2, -0.15) is 0 Å². The Morgan fingerprint density at radius 3 is 2.40 bits per heavy atom. The summed E-state index contributed by atoms with van der Waals surface area (Å²) in [5.74, 6) is 0.847. The maximum Gasteiger partial charge on any atom is 0.253 e. The number of rotatable bonds is 5. The van der Waals surface area contributed by atoms with Gasteiger partial charge < -0.3 is 9.64 Å². The second kappa shape index (κ2) is 6.75.